The molecule has 0 amide bonds. The first-order valence-corrected chi connectivity index (χ1v) is 9.96. The number of hydrogen-bond acceptors (Lipinski definition) is 6. The number of rotatable bonds is 4. The van der Waals surface area contributed by atoms with Crippen LogP contribution < -0.4 is 16.2 Å². The van der Waals surface area contributed by atoms with Crippen molar-refractivity contribution >= 4 is 11.6 Å². The van der Waals surface area contributed by atoms with E-state index in [1.807, 2.05) is 10.6 Å². The molecular formula is C21H26N6O. The van der Waals surface area contributed by atoms with Crippen molar-refractivity contribution in [2.75, 3.05) is 23.7 Å². The lowest BCUT2D eigenvalue weighted by Crippen LogP contribution is -2.50. The number of anilines is 2. The molecule has 1 fully saturated rings. The molecule has 7 nitrogen and oxygen atoms in total. The predicted molar refractivity (Wildman–Crippen MR) is 108 cm³/mol. The van der Waals surface area contributed by atoms with E-state index >= 15 is 0 Å². The molecule has 2 aromatic heterocycles. The first kappa shape index (κ1) is 18.5. The van der Waals surface area contributed by atoms with Crippen molar-refractivity contribution in [3.05, 3.63) is 46.1 Å². The lowest BCUT2D eigenvalue weighted by atomic mass is 9.76. The second kappa shape index (κ2) is 7.27. The Hall–Kier alpha value is -2.88. The van der Waals surface area contributed by atoms with Crippen molar-refractivity contribution in [1.29, 1.82) is 5.26 Å². The Balaban J connectivity index is 1.74. The summed E-state index contributed by atoms with van der Waals surface area (Å²) in [5.41, 5.74) is 7.45. The summed E-state index contributed by atoms with van der Waals surface area (Å²) in [5, 5.41) is 9.54. The highest BCUT2D eigenvalue weighted by Crippen LogP contribution is 2.44. The minimum absolute atomic E-state index is 0.0957. The van der Waals surface area contributed by atoms with E-state index in [4.69, 9.17) is 5.73 Å². The molecule has 0 radical (unpaired) electrons. The standard InChI is InChI=1S/C21H26N6O/c1-13(2)6-7-18-15-8-14(17-4-3-5-19(28)27(17)18)10-26(11-15)21-16(9-22)20(23)24-12-25-21/h3-5,12-15,18H,6-8,10-11H2,1-2H3,(H2,23,24,25)/t14-,15+,18+/m1/s1. The summed E-state index contributed by atoms with van der Waals surface area (Å²) in [7, 11) is 0. The van der Waals surface area contributed by atoms with Gasteiger partial charge in [-0.25, -0.2) is 9.97 Å². The average molecular weight is 378 g/mol. The van der Waals surface area contributed by atoms with Crippen LogP contribution in [-0.4, -0.2) is 27.6 Å². The Morgan fingerprint density at radius 2 is 2.14 bits per heavy atom. The number of fused-ring (bicyclic) bond motifs is 4. The third-order valence-corrected chi connectivity index (χ3v) is 6.11. The summed E-state index contributed by atoms with van der Waals surface area (Å²) in [6.45, 7) is 5.93. The number of aromatic nitrogens is 3. The molecule has 2 aromatic rings. The number of nitrogens with two attached hydrogens (primary N) is 1. The van der Waals surface area contributed by atoms with Gasteiger partial charge in [0.05, 0.1) is 0 Å². The summed E-state index contributed by atoms with van der Waals surface area (Å²) >= 11 is 0. The molecule has 0 unspecified atom stereocenters. The average Bonchev–Trinajstić information content (AvgIpc) is 2.68. The van der Waals surface area contributed by atoms with Gasteiger partial charge in [0.25, 0.3) is 5.56 Å². The van der Waals surface area contributed by atoms with E-state index in [1.54, 1.807) is 6.07 Å². The van der Waals surface area contributed by atoms with Gasteiger partial charge in [0.1, 0.15) is 23.8 Å². The summed E-state index contributed by atoms with van der Waals surface area (Å²) in [6, 6.07) is 7.94. The molecule has 146 valence electrons. The van der Waals surface area contributed by atoms with Gasteiger partial charge in [0.15, 0.2) is 5.82 Å². The van der Waals surface area contributed by atoms with Gasteiger partial charge < -0.3 is 15.2 Å². The fourth-order valence-electron chi connectivity index (χ4n) is 4.82. The predicted octanol–water partition coefficient (Wildman–Crippen LogP) is 2.69. The number of nitrogen functional groups attached to an aromatic ring is 1. The third kappa shape index (κ3) is 3.13. The Kier molecular flexibility index (Phi) is 4.80. The normalized spacial score (nSPS) is 23.4. The van der Waals surface area contributed by atoms with Gasteiger partial charge in [-0.2, -0.15) is 5.26 Å². The molecule has 4 heterocycles. The highest BCUT2D eigenvalue weighted by Gasteiger charge is 2.41. The molecule has 0 aliphatic carbocycles. The maximum atomic E-state index is 12.7. The zero-order chi connectivity index (χ0) is 19.8. The van der Waals surface area contributed by atoms with E-state index in [0.717, 1.165) is 38.0 Å². The van der Waals surface area contributed by atoms with Gasteiger partial charge in [-0.15, -0.1) is 0 Å². The van der Waals surface area contributed by atoms with Crippen LogP contribution in [0.3, 0.4) is 0 Å². The van der Waals surface area contributed by atoms with Crippen LogP contribution in [0.4, 0.5) is 11.6 Å². The van der Waals surface area contributed by atoms with E-state index in [1.165, 1.54) is 6.33 Å². The van der Waals surface area contributed by atoms with Gasteiger partial charge >= 0.3 is 0 Å². The van der Waals surface area contributed by atoms with E-state index in [-0.39, 0.29) is 23.3 Å². The van der Waals surface area contributed by atoms with Crippen molar-refractivity contribution < 1.29 is 0 Å². The van der Waals surface area contributed by atoms with Crippen LogP contribution >= 0.6 is 0 Å². The maximum Gasteiger partial charge on any atom is 0.250 e. The van der Waals surface area contributed by atoms with E-state index in [2.05, 4.69) is 40.9 Å². The van der Waals surface area contributed by atoms with Gasteiger partial charge in [0.2, 0.25) is 0 Å². The summed E-state index contributed by atoms with van der Waals surface area (Å²) in [6.07, 6.45) is 4.54. The zero-order valence-corrected chi connectivity index (χ0v) is 16.4. The summed E-state index contributed by atoms with van der Waals surface area (Å²) in [5.74, 6) is 2.00. The molecule has 2 N–H and O–H groups in total. The highest BCUT2D eigenvalue weighted by atomic mass is 16.1. The van der Waals surface area contributed by atoms with Crippen molar-refractivity contribution in [2.24, 2.45) is 11.8 Å². The number of pyridine rings is 1. The van der Waals surface area contributed by atoms with Crippen molar-refractivity contribution in [3.63, 3.8) is 0 Å². The Morgan fingerprint density at radius 3 is 2.89 bits per heavy atom. The molecule has 3 atom stereocenters. The number of piperidine rings is 1. The first-order chi connectivity index (χ1) is 13.5. The molecule has 2 bridgehead atoms. The largest absolute Gasteiger partial charge is 0.382 e. The second-order valence-corrected chi connectivity index (χ2v) is 8.36. The monoisotopic (exact) mass is 378 g/mol. The lowest BCUT2D eigenvalue weighted by molar-refractivity contribution is 0.194. The molecule has 28 heavy (non-hydrogen) atoms. The van der Waals surface area contributed by atoms with Gasteiger partial charge in [-0.3, -0.25) is 4.79 Å². The molecule has 2 aliphatic heterocycles. The third-order valence-electron chi connectivity index (χ3n) is 6.11. The van der Waals surface area contributed by atoms with Crippen molar-refractivity contribution in [2.45, 2.75) is 45.1 Å². The molecule has 2 aliphatic rings. The Labute approximate surface area is 164 Å². The van der Waals surface area contributed by atoms with Crippen LogP contribution in [-0.2, 0) is 0 Å². The summed E-state index contributed by atoms with van der Waals surface area (Å²) < 4.78 is 2.04. The number of hydrogen-bond donors (Lipinski definition) is 1. The van der Waals surface area contributed by atoms with Crippen molar-refractivity contribution in [3.8, 4) is 6.07 Å². The van der Waals surface area contributed by atoms with Crippen LogP contribution in [0, 0.1) is 23.2 Å². The van der Waals surface area contributed by atoms with Crippen LogP contribution in [0.2, 0.25) is 0 Å². The van der Waals surface area contributed by atoms with E-state index in [0.29, 0.717) is 23.2 Å². The fourth-order valence-corrected chi connectivity index (χ4v) is 4.82. The first-order valence-electron chi connectivity index (χ1n) is 9.96. The smallest absolute Gasteiger partial charge is 0.250 e. The van der Waals surface area contributed by atoms with Gasteiger partial charge in [0, 0.05) is 36.8 Å². The second-order valence-electron chi connectivity index (χ2n) is 8.36. The summed E-state index contributed by atoms with van der Waals surface area (Å²) in [4.78, 5) is 23.2. The van der Waals surface area contributed by atoms with Crippen LogP contribution in [0.25, 0.3) is 0 Å². The molecule has 0 saturated carbocycles. The molecule has 4 rings (SSSR count). The quantitative estimate of drug-likeness (QED) is 0.878. The number of nitriles is 1. The zero-order valence-electron chi connectivity index (χ0n) is 16.4. The maximum absolute atomic E-state index is 12.7. The minimum Gasteiger partial charge on any atom is -0.382 e. The SMILES string of the molecule is CC(C)CC[C@H]1[C@H]2C[C@H](CN(c3ncnc(N)c3C#N)C2)c2cccc(=O)n21. The Morgan fingerprint density at radius 1 is 1.32 bits per heavy atom. The fraction of sp³-hybridized carbons (Fsp3) is 0.524. The molecular weight excluding hydrogens is 352 g/mol. The van der Waals surface area contributed by atoms with Crippen LogP contribution in [0.1, 0.15) is 56.3 Å². The van der Waals surface area contributed by atoms with Crippen LogP contribution in [0.15, 0.2) is 29.3 Å². The lowest BCUT2D eigenvalue weighted by Gasteiger charge is -2.47. The number of nitrogens with zero attached hydrogens (tertiary/aromatic N) is 5. The Bertz CT molecular complexity index is 976. The molecule has 1 saturated heterocycles. The van der Waals surface area contributed by atoms with Crippen molar-refractivity contribution in [1.82, 2.24) is 14.5 Å². The van der Waals surface area contributed by atoms with E-state index < -0.39 is 0 Å². The minimum atomic E-state index is 0.0957. The van der Waals surface area contributed by atoms with Gasteiger partial charge in [-0.1, -0.05) is 19.9 Å². The molecule has 7 heteroatoms. The topological polar surface area (TPSA) is 101 Å². The van der Waals surface area contributed by atoms with Crippen LogP contribution in [0.5, 0.6) is 0 Å². The highest BCUT2D eigenvalue weighted by molar-refractivity contribution is 5.63. The van der Waals surface area contributed by atoms with Gasteiger partial charge in [-0.05, 0) is 37.2 Å². The molecule has 0 aromatic carbocycles. The van der Waals surface area contributed by atoms with E-state index in [9.17, 15) is 10.1 Å². The molecule has 0 spiro atoms.